The lowest BCUT2D eigenvalue weighted by Gasteiger charge is -1.98. The van der Waals surface area contributed by atoms with E-state index in [1.165, 1.54) is 11.3 Å². The van der Waals surface area contributed by atoms with Crippen LogP contribution in [0.2, 0.25) is 0 Å². The van der Waals surface area contributed by atoms with Crippen molar-refractivity contribution in [3.8, 4) is 22.0 Å². The number of anilines is 1. The van der Waals surface area contributed by atoms with E-state index in [-0.39, 0.29) is 0 Å². The first kappa shape index (κ1) is 11.0. The number of benzene rings is 1. The Balaban J connectivity index is 2.10. The minimum absolute atomic E-state index is 0.720. The molecule has 0 spiro atoms. The number of aryl methyl sites for hydroxylation is 1. The molecule has 3 aromatic rings. The monoisotopic (exact) mass is 256 g/mol. The average Bonchev–Trinajstić information content (AvgIpc) is 2.96. The lowest BCUT2D eigenvalue weighted by atomic mass is 10.2. The minimum Gasteiger partial charge on any atom is -0.389 e. The number of nitrogens with two attached hydrogens (primary N) is 1. The van der Waals surface area contributed by atoms with Gasteiger partial charge in [0.2, 0.25) is 0 Å². The maximum absolute atomic E-state index is 6.05. The Morgan fingerprint density at radius 1 is 1.22 bits per heavy atom. The Hall–Kier alpha value is -2.14. The van der Waals surface area contributed by atoms with Crippen LogP contribution in [-0.2, 0) is 7.05 Å². The van der Waals surface area contributed by atoms with E-state index in [1.54, 1.807) is 12.5 Å². The normalized spacial score (nSPS) is 10.7. The maximum atomic E-state index is 6.05. The molecule has 1 aromatic carbocycles. The van der Waals surface area contributed by atoms with E-state index >= 15 is 0 Å². The lowest BCUT2D eigenvalue weighted by Crippen LogP contribution is -1.92. The molecule has 3 rings (SSSR count). The van der Waals surface area contributed by atoms with Gasteiger partial charge in [-0.25, -0.2) is 9.97 Å². The minimum atomic E-state index is 0.720. The molecular weight excluding hydrogens is 244 g/mol. The van der Waals surface area contributed by atoms with Crippen molar-refractivity contribution < 1.29 is 0 Å². The van der Waals surface area contributed by atoms with Crippen LogP contribution in [0.5, 0.6) is 0 Å². The van der Waals surface area contributed by atoms with Crippen molar-refractivity contribution in [3.63, 3.8) is 0 Å². The topological polar surface area (TPSA) is 56.7 Å². The predicted molar refractivity (Wildman–Crippen MR) is 74.2 cm³/mol. The van der Waals surface area contributed by atoms with Gasteiger partial charge in [0.05, 0.1) is 18.2 Å². The van der Waals surface area contributed by atoms with Crippen molar-refractivity contribution in [2.75, 3.05) is 5.73 Å². The predicted octanol–water partition coefficient (Wildman–Crippen LogP) is 2.79. The van der Waals surface area contributed by atoms with E-state index in [1.807, 2.05) is 41.9 Å². The molecule has 2 aromatic heterocycles. The van der Waals surface area contributed by atoms with Crippen molar-refractivity contribution in [1.82, 2.24) is 14.5 Å². The molecule has 0 aliphatic heterocycles. The van der Waals surface area contributed by atoms with Crippen LogP contribution in [0.25, 0.3) is 22.0 Å². The summed E-state index contributed by atoms with van der Waals surface area (Å²) in [5.74, 6) is 0. The van der Waals surface area contributed by atoms with Crippen molar-refractivity contribution in [3.05, 3.63) is 42.9 Å². The van der Waals surface area contributed by atoms with E-state index in [0.29, 0.717) is 0 Å². The Kier molecular flexibility index (Phi) is 2.60. The molecule has 0 fully saturated rings. The van der Waals surface area contributed by atoms with Gasteiger partial charge in [0.25, 0.3) is 0 Å². The Labute approximate surface area is 109 Å². The van der Waals surface area contributed by atoms with Gasteiger partial charge >= 0.3 is 0 Å². The standard InChI is InChI=1S/C13H12N4S/c1-17-8-15-7-10(17)11-12(14)18-13(16-11)9-5-3-2-4-6-9/h2-8H,14H2,1H3. The van der Waals surface area contributed by atoms with Crippen LogP contribution in [0.1, 0.15) is 0 Å². The number of thiazole rings is 1. The second-order valence-electron chi connectivity index (χ2n) is 3.99. The molecule has 2 N–H and O–H groups in total. The zero-order valence-electron chi connectivity index (χ0n) is 9.87. The zero-order chi connectivity index (χ0) is 12.5. The summed E-state index contributed by atoms with van der Waals surface area (Å²) < 4.78 is 1.92. The first-order chi connectivity index (χ1) is 8.75. The molecule has 0 saturated carbocycles. The van der Waals surface area contributed by atoms with Crippen LogP contribution < -0.4 is 5.73 Å². The fourth-order valence-electron chi connectivity index (χ4n) is 1.81. The summed E-state index contributed by atoms with van der Waals surface area (Å²) in [5.41, 5.74) is 8.88. The quantitative estimate of drug-likeness (QED) is 0.767. The first-order valence-corrected chi connectivity index (χ1v) is 6.36. The summed E-state index contributed by atoms with van der Waals surface area (Å²) in [7, 11) is 1.93. The molecule has 0 aliphatic rings. The molecule has 0 aliphatic carbocycles. The number of nitrogen functional groups attached to an aromatic ring is 1. The molecule has 0 atom stereocenters. The highest BCUT2D eigenvalue weighted by molar-refractivity contribution is 7.19. The van der Waals surface area contributed by atoms with Gasteiger partial charge in [0.15, 0.2) is 0 Å². The number of nitrogens with zero attached hydrogens (tertiary/aromatic N) is 3. The van der Waals surface area contributed by atoms with Crippen LogP contribution in [-0.4, -0.2) is 14.5 Å². The van der Waals surface area contributed by atoms with Gasteiger partial charge in [-0.15, -0.1) is 0 Å². The molecule has 4 nitrogen and oxygen atoms in total. The highest BCUT2D eigenvalue weighted by Crippen LogP contribution is 2.35. The smallest absolute Gasteiger partial charge is 0.126 e. The van der Waals surface area contributed by atoms with Gasteiger partial charge in [0, 0.05) is 12.6 Å². The molecule has 0 saturated heterocycles. The number of aromatic nitrogens is 3. The zero-order valence-corrected chi connectivity index (χ0v) is 10.7. The van der Waals surface area contributed by atoms with E-state index in [4.69, 9.17) is 5.73 Å². The van der Waals surface area contributed by atoms with Gasteiger partial charge in [-0.3, -0.25) is 0 Å². The van der Waals surface area contributed by atoms with Crippen molar-refractivity contribution in [1.29, 1.82) is 0 Å². The van der Waals surface area contributed by atoms with Gasteiger partial charge in [-0.2, -0.15) is 0 Å². The van der Waals surface area contributed by atoms with Gasteiger partial charge in [0.1, 0.15) is 15.7 Å². The van der Waals surface area contributed by atoms with Crippen LogP contribution in [0, 0.1) is 0 Å². The summed E-state index contributed by atoms with van der Waals surface area (Å²) in [6.07, 6.45) is 3.52. The molecule has 18 heavy (non-hydrogen) atoms. The first-order valence-electron chi connectivity index (χ1n) is 5.54. The largest absolute Gasteiger partial charge is 0.389 e. The van der Waals surface area contributed by atoms with Crippen molar-refractivity contribution in [2.45, 2.75) is 0 Å². The van der Waals surface area contributed by atoms with Crippen LogP contribution in [0.3, 0.4) is 0 Å². The fourth-order valence-corrected chi connectivity index (χ4v) is 2.65. The average molecular weight is 256 g/mol. The number of hydrogen-bond donors (Lipinski definition) is 1. The number of hydrogen-bond acceptors (Lipinski definition) is 4. The lowest BCUT2D eigenvalue weighted by molar-refractivity contribution is 0.918. The van der Waals surface area contributed by atoms with Crippen molar-refractivity contribution in [2.24, 2.45) is 7.05 Å². The van der Waals surface area contributed by atoms with E-state index in [0.717, 1.165) is 27.0 Å². The number of rotatable bonds is 2. The molecule has 5 heteroatoms. The third-order valence-corrected chi connectivity index (χ3v) is 3.67. The second-order valence-corrected chi connectivity index (χ2v) is 5.02. The summed E-state index contributed by atoms with van der Waals surface area (Å²) in [4.78, 5) is 8.71. The van der Waals surface area contributed by atoms with Crippen LogP contribution >= 0.6 is 11.3 Å². The third kappa shape index (κ3) is 1.78. The molecule has 90 valence electrons. The molecule has 0 bridgehead atoms. The number of imidazole rings is 1. The highest BCUT2D eigenvalue weighted by Gasteiger charge is 2.14. The molecule has 0 radical (unpaired) electrons. The van der Waals surface area contributed by atoms with Gasteiger partial charge in [-0.1, -0.05) is 41.7 Å². The highest BCUT2D eigenvalue weighted by atomic mass is 32.1. The fraction of sp³-hybridized carbons (Fsp3) is 0.0769. The van der Waals surface area contributed by atoms with Crippen molar-refractivity contribution >= 4 is 16.3 Å². The maximum Gasteiger partial charge on any atom is 0.126 e. The molecule has 2 heterocycles. The molecule has 0 unspecified atom stereocenters. The van der Waals surface area contributed by atoms with E-state index in [2.05, 4.69) is 9.97 Å². The summed E-state index contributed by atoms with van der Waals surface area (Å²) >= 11 is 1.50. The molecular formula is C13H12N4S. The Bertz CT molecular complexity index is 669. The van der Waals surface area contributed by atoms with E-state index < -0.39 is 0 Å². The van der Waals surface area contributed by atoms with Gasteiger partial charge in [-0.05, 0) is 0 Å². The third-order valence-electron chi connectivity index (χ3n) is 2.73. The summed E-state index contributed by atoms with van der Waals surface area (Å²) in [6.45, 7) is 0. The van der Waals surface area contributed by atoms with Crippen LogP contribution in [0.15, 0.2) is 42.9 Å². The second kappa shape index (κ2) is 4.27. The van der Waals surface area contributed by atoms with Gasteiger partial charge < -0.3 is 10.3 Å². The summed E-state index contributed by atoms with van der Waals surface area (Å²) in [5, 5.41) is 1.65. The van der Waals surface area contributed by atoms with Crippen LogP contribution in [0.4, 0.5) is 5.00 Å². The Morgan fingerprint density at radius 3 is 2.67 bits per heavy atom. The Morgan fingerprint density at radius 2 is 2.00 bits per heavy atom. The molecule has 0 amide bonds. The SMILES string of the molecule is Cn1cncc1-c1nc(-c2ccccc2)sc1N. The summed E-state index contributed by atoms with van der Waals surface area (Å²) in [6, 6.07) is 10.0. The van der Waals surface area contributed by atoms with E-state index in [9.17, 15) is 0 Å².